The Morgan fingerprint density at radius 1 is 0.754 bits per heavy atom. The molecule has 4 nitrogen and oxygen atoms in total. The molecular weight excluding hydrogens is 891 g/mol. The fourth-order valence-corrected chi connectivity index (χ4v) is 8.97. The van der Waals surface area contributed by atoms with Crippen LogP contribution in [0, 0.1) is 31.9 Å². The van der Waals surface area contributed by atoms with E-state index in [1.165, 1.54) is 22.3 Å². The van der Waals surface area contributed by atoms with Crippen molar-refractivity contribution >= 4 is 46.2 Å². The molecule has 0 bridgehead atoms. The van der Waals surface area contributed by atoms with Crippen LogP contribution in [-0.4, -0.2) is 22.6 Å². The summed E-state index contributed by atoms with van der Waals surface area (Å²) in [6.07, 6.45) is 0.528. The molecule has 9 aromatic rings. The van der Waals surface area contributed by atoms with Crippen LogP contribution in [0.25, 0.3) is 72.4 Å². The number of benzene rings is 6. The Morgan fingerprint density at radius 3 is 2.18 bits per heavy atom. The quantitative estimate of drug-likeness (QED) is 0.118. The standard InChI is InChI=1S/C33H23N2O.C18H24NSi.Ir/c1-21-19-24(23-11-4-3-5-12-23)20-22(2)31(21)35-29-17-8-7-16-28(29)34-33(35)27-15-10-14-26-25-13-6-9-18-30(25)36-32(26)27;1-14(2)11-16-12-17(15-9-7-6-8-10-15)19-13-18(16)20(3,4)5;/h3-14,16-20H,1-2H3;6-9,12-14H,11H2,1-5H3;/q2*-1;/i;11D2;. The van der Waals surface area contributed by atoms with Gasteiger partial charge in [-0.25, -0.2) is 0 Å². The van der Waals surface area contributed by atoms with E-state index in [1.54, 1.807) is 0 Å². The minimum absolute atomic E-state index is 0. The molecule has 0 unspecified atom stereocenters. The molecule has 287 valence electrons. The molecule has 9 rings (SSSR count). The average Bonchev–Trinajstić information content (AvgIpc) is 3.80. The normalized spacial score (nSPS) is 12.3. The topological polar surface area (TPSA) is 43.9 Å². The van der Waals surface area contributed by atoms with Gasteiger partial charge in [-0.15, -0.1) is 54.1 Å². The van der Waals surface area contributed by atoms with E-state index < -0.39 is 14.4 Å². The molecule has 3 heterocycles. The molecular formula is C51H47IrN3OSi-2. The van der Waals surface area contributed by atoms with Crippen LogP contribution in [0.1, 0.15) is 33.3 Å². The molecule has 0 atom stereocenters. The van der Waals surface area contributed by atoms with E-state index >= 15 is 0 Å². The number of aromatic nitrogens is 3. The molecule has 0 spiro atoms. The van der Waals surface area contributed by atoms with Crippen molar-refractivity contribution in [1.29, 1.82) is 0 Å². The largest absolute Gasteiger partial charge is 0.501 e. The first-order valence-corrected chi connectivity index (χ1v) is 22.8. The summed E-state index contributed by atoms with van der Waals surface area (Å²) < 4.78 is 25.8. The van der Waals surface area contributed by atoms with E-state index in [4.69, 9.17) is 12.1 Å². The summed E-state index contributed by atoms with van der Waals surface area (Å²) in [5.74, 6) is 0.747. The maximum atomic E-state index is 8.55. The summed E-state index contributed by atoms with van der Waals surface area (Å²) in [4.78, 5) is 9.70. The predicted octanol–water partition coefficient (Wildman–Crippen LogP) is 13.0. The van der Waals surface area contributed by atoms with Crippen LogP contribution >= 0.6 is 0 Å². The van der Waals surface area contributed by atoms with Gasteiger partial charge in [-0.1, -0.05) is 117 Å². The third-order valence-electron chi connectivity index (χ3n) is 10.1. The van der Waals surface area contributed by atoms with Crippen molar-refractivity contribution < 1.29 is 27.3 Å². The van der Waals surface area contributed by atoms with Crippen LogP contribution in [0.2, 0.25) is 19.6 Å². The SMILES string of the molecule is Cc1cc(-c2ccccc2)cc(C)c1-n1c(-c2[c-]ccc3c2oc2ccccc23)nc2ccccc21.[2H]C([2H])(c1cc(-c2[c-]cccc2)ncc1[Si](C)(C)C)C(C)C.[Ir]. The number of nitrogens with zero attached hydrogens (tertiary/aromatic N) is 3. The van der Waals surface area contributed by atoms with E-state index in [9.17, 15) is 0 Å². The van der Waals surface area contributed by atoms with Gasteiger partial charge in [-0.2, -0.15) is 0 Å². The summed E-state index contributed by atoms with van der Waals surface area (Å²) in [5, 5.41) is 3.28. The minimum Gasteiger partial charge on any atom is -0.501 e. The first kappa shape index (κ1) is 37.2. The van der Waals surface area contributed by atoms with Gasteiger partial charge in [0.25, 0.3) is 0 Å². The van der Waals surface area contributed by atoms with Gasteiger partial charge < -0.3 is 14.0 Å². The van der Waals surface area contributed by atoms with E-state index in [1.807, 2.05) is 80.7 Å². The van der Waals surface area contributed by atoms with Crippen molar-refractivity contribution in [2.45, 2.75) is 53.7 Å². The van der Waals surface area contributed by atoms with Crippen LogP contribution in [-0.2, 0) is 26.5 Å². The second-order valence-corrected chi connectivity index (χ2v) is 20.8. The Morgan fingerprint density at radius 2 is 1.46 bits per heavy atom. The second kappa shape index (κ2) is 16.6. The van der Waals surface area contributed by atoms with Crippen molar-refractivity contribution in [2.75, 3.05) is 0 Å². The van der Waals surface area contributed by atoms with Crippen molar-refractivity contribution in [3.05, 3.63) is 168 Å². The van der Waals surface area contributed by atoms with E-state index in [2.05, 4.69) is 128 Å². The zero-order chi connectivity index (χ0) is 40.8. The number of aryl methyl sites for hydroxylation is 2. The van der Waals surface area contributed by atoms with E-state index in [0.29, 0.717) is 0 Å². The van der Waals surface area contributed by atoms with Gasteiger partial charge in [0, 0.05) is 40.1 Å². The van der Waals surface area contributed by atoms with Gasteiger partial charge in [0.15, 0.2) is 0 Å². The number of pyridine rings is 1. The molecule has 0 saturated carbocycles. The monoisotopic (exact) mass is 940 g/mol. The van der Waals surface area contributed by atoms with Crippen LogP contribution in [0.4, 0.5) is 0 Å². The van der Waals surface area contributed by atoms with Gasteiger partial charge in [0.2, 0.25) is 0 Å². The zero-order valence-corrected chi connectivity index (χ0v) is 36.8. The fraction of sp³-hybridized carbons (Fsp3) is 0.176. The Bertz CT molecular complexity index is 2890. The van der Waals surface area contributed by atoms with Gasteiger partial charge in [-0.3, -0.25) is 4.98 Å². The van der Waals surface area contributed by atoms with Gasteiger partial charge in [-0.05, 0) is 89.6 Å². The van der Waals surface area contributed by atoms with Crippen LogP contribution < -0.4 is 5.19 Å². The van der Waals surface area contributed by atoms with Gasteiger partial charge >= 0.3 is 0 Å². The summed E-state index contributed by atoms with van der Waals surface area (Å²) in [7, 11) is -1.67. The van der Waals surface area contributed by atoms with Crippen LogP contribution in [0.5, 0.6) is 0 Å². The molecule has 0 saturated heterocycles. The van der Waals surface area contributed by atoms with E-state index in [0.717, 1.165) is 72.1 Å². The molecule has 3 aromatic heterocycles. The number of imidazole rings is 1. The molecule has 1 radical (unpaired) electrons. The van der Waals surface area contributed by atoms with Crippen molar-refractivity contribution in [1.82, 2.24) is 14.5 Å². The molecule has 6 heteroatoms. The van der Waals surface area contributed by atoms with Crippen LogP contribution in [0.15, 0.2) is 144 Å². The maximum Gasteiger partial charge on any atom is 0.120 e. The second-order valence-electron chi connectivity index (χ2n) is 15.7. The number of hydrogen-bond donors (Lipinski definition) is 0. The predicted molar refractivity (Wildman–Crippen MR) is 238 cm³/mol. The smallest absolute Gasteiger partial charge is 0.120 e. The Kier molecular flexibility index (Phi) is 10.8. The maximum absolute atomic E-state index is 8.55. The molecule has 6 aromatic carbocycles. The van der Waals surface area contributed by atoms with Crippen LogP contribution in [0.3, 0.4) is 0 Å². The fourth-order valence-electron chi connectivity index (χ4n) is 7.57. The molecule has 0 aliphatic rings. The van der Waals surface area contributed by atoms with Crippen molar-refractivity contribution in [3.8, 4) is 39.5 Å². The first-order valence-electron chi connectivity index (χ1n) is 20.3. The number of para-hydroxylation sites is 3. The number of fused-ring (bicyclic) bond motifs is 4. The molecule has 0 aliphatic heterocycles. The van der Waals surface area contributed by atoms with Gasteiger partial charge in [0.1, 0.15) is 5.58 Å². The Balaban J connectivity index is 0.000000199. The average molecular weight is 940 g/mol. The zero-order valence-electron chi connectivity index (χ0n) is 35.4. The molecule has 57 heavy (non-hydrogen) atoms. The van der Waals surface area contributed by atoms with Gasteiger partial charge in [0.05, 0.1) is 30.5 Å². The first-order chi connectivity index (χ1) is 27.8. The molecule has 0 amide bonds. The third kappa shape index (κ3) is 8.08. The molecule has 0 aliphatic carbocycles. The van der Waals surface area contributed by atoms with Crippen molar-refractivity contribution in [3.63, 3.8) is 0 Å². The third-order valence-corrected chi connectivity index (χ3v) is 12.1. The summed E-state index contributed by atoms with van der Waals surface area (Å²) in [6.45, 7) is 14.9. The summed E-state index contributed by atoms with van der Waals surface area (Å²) in [6, 6.07) is 51.8. The Labute approximate surface area is 353 Å². The Hall–Kier alpha value is -5.39. The number of furan rings is 1. The minimum atomic E-state index is -1.67. The number of rotatable bonds is 7. The summed E-state index contributed by atoms with van der Waals surface area (Å²) >= 11 is 0. The molecule has 0 N–H and O–H groups in total. The molecule has 0 fully saturated rings. The van der Waals surface area contributed by atoms with E-state index in [-0.39, 0.29) is 26.0 Å². The summed E-state index contributed by atoms with van der Waals surface area (Å²) in [5.41, 5.74) is 13.0. The number of hydrogen-bond acceptors (Lipinski definition) is 3. The van der Waals surface area contributed by atoms with Crippen molar-refractivity contribution in [2.24, 2.45) is 5.92 Å².